The van der Waals surface area contributed by atoms with E-state index in [2.05, 4.69) is 194 Å². The molecule has 108 heavy (non-hydrogen) atoms. The zero-order valence-corrected chi connectivity index (χ0v) is 75.2. The van der Waals surface area contributed by atoms with Crippen LogP contribution in [0.15, 0.2) is 206 Å². The predicted molar refractivity (Wildman–Crippen MR) is 461 cm³/mol. The summed E-state index contributed by atoms with van der Waals surface area (Å²) in [6, 6.07) is 70.1. The lowest BCUT2D eigenvalue weighted by molar-refractivity contribution is -0.666. The molecule has 4 N–H and O–H groups in total. The predicted octanol–water partition coefficient (Wildman–Crippen LogP) is 10.0. The zero-order valence-electron chi connectivity index (χ0n) is 60.6. The van der Waals surface area contributed by atoms with Crippen LogP contribution in [0.2, 0.25) is 0 Å². The van der Waals surface area contributed by atoms with Crippen molar-refractivity contribution in [1.29, 1.82) is 0 Å². The molecule has 18 nitrogen and oxygen atoms in total. The molecule has 10 aromatic rings. The number of fused-ring (bicyclic) bond motifs is 8. The monoisotopic (exact) mass is 2190 g/mol. The fourth-order valence-corrected chi connectivity index (χ4v) is 13.3. The fourth-order valence-electron chi connectivity index (χ4n) is 11.3. The Balaban J connectivity index is 0.000000247. The minimum absolute atomic E-state index is 0. The summed E-state index contributed by atoms with van der Waals surface area (Å²) in [5.74, 6) is 7.80. The number of para-hydroxylation sites is 8. The molecule has 0 fully saturated rings. The molecule has 0 radical (unpaired) electrons. The number of hydrogen-bond donors (Lipinski definition) is 2. The molecule has 586 valence electrons. The maximum atomic E-state index is 5.78. The van der Waals surface area contributed by atoms with E-state index < -0.39 is 0 Å². The second-order valence-electron chi connectivity index (χ2n) is 23.3. The van der Waals surface area contributed by atoms with Crippen molar-refractivity contribution < 1.29 is 134 Å². The molecular formula is C82H98I6N2O16S2. The number of nitrogens with two attached hydrogens (primary N) is 2. The van der Waals surface area contributed by atoms with Gasteiger partial charge in [0.1, 0.15) is 65.9 Å². The quantitative estimate of drug-likeness (QED) is 0.0540. The third kappa shape index (κ3) is 35.0. The summed E-state index contributed by atoms with van der Waals surface area (Å²) in [7, 11) is 4.02. The first-order valence-corrected chi connectivity index (χ1v) is 50.8. The first-order chi connectivity index (χ1) is 52.7. The molecule has 0 spiro atoms. The van der Waals surface area contributed by atoms with Crippen LogP contribution in [0.25, 0.3) is 43.1 Å². The zero-order chi connectivity index (χ0) is 73.8. The van der Waals surface area contributed by atoms with E-state index in [4.69, 9.17) is 75.8 Å². The Morgan fingerprint density at radius 1 is 0.231 bits per heavy atom. The van der Waals surface area contributed by atoms with Crippen molar-refractivity contribution >= 4 is 139 Å². The third-order valence-electron chi connectivity index (χ3n) is 16.1. The highest BCUT2D eigenvalue weighted by atomic mass is 128. The molecular weight excluding hydrogens is 2090 g/mol. The maximum Gasteiger partial charge on any atom is 0.161 e. The van der Waals surface area contributed by atoms with E-state index in [-0.39, 0.29) is 48.0 Å². The van der Waals surface area contributed by atoms with Crippen molar-refractivity contribution in [3.05, 3.63) is 217 Å². The van der Waals surface area contributed by atoms with E-state index in [1.165, 1.54) is 65.7 Å². The largest absolute Gasteiger partial charge is 1.00 e. The minimum Gasteiger partial charge on any atom is -1.00 e. The summed E-state index contributed by atoms with van der Waals surface area (Å²) in [5.41, 5.74) is 2.93. The summed E-state index contributed by atoms with van der Waals surface area (Å²) in [6.45, 7) is 15.3. The topological polar surface area (TPSA) is 181 Å². The van der Waals surface area contributed by atoms with E-state index in [9.17, 15) is 0 Å². The number of halogens is 6. The Morgan fingerprint density at radius 3 is 0.593 bits per heavy atom. The molecule has 0 aliphatic carbocycles. The maximum absolute atomic E-state index is 5.78. The number of ether oxygens (including phenoxy) is 16. The van der Waals surface area contributed by atoms with Crippen molar-refractivity contribution in [2.75, 3.05) is 183 Å². The van der Waals surface area contributed by atoms with Crippen molar-refractivity contribution in [2.24, 2.45) is 0 Å². The van der Waals surface area contributed by atoms with Gasteiger partial charge in [0.15, 0.2) is 46.0 Å². The molecule has 10 aromatic carbocycles. The minimum atomic E-state index is 0. The Bertz CT molecular complexity index is 3400. The van der Waals surface area contributed by atoms with Gasteiger partial charge in [-0.3, -0.25) is 0 Å². The third-order valence-corrected chi connectivity index (χ3v) is 18.6. The van der Waals surface area contributed by atoms with Crippen LogP contribution >= 0.6 is 96.1 Å². The molecule has 0 saturated heterocycles. The molecule has 12 rings (SSSR count). The van der Waals surface area contributed by atoms with Gasteiger partial charge in [-0.25, -0.2) is 0 Å². The summed E-state index contributed by atoms with van der Waals surface area (Å²) < 4.78 is 90.7. The molecule has 0 unspecified atom stereocenters. The van der Waals surface area contributed by atoms with Gasteiger partial charge in [0.25, 0.3) is 0 Å². The van der Waals surface area contributed by atoms with Crippen molar-refractivity contribution in [2.45, 2.75) is 13.1 Å². The van der Waals surface area contributed by atoms with E-state index in [0.29, 0.717) is 205 Å². The van der Waals surface area contributed by atoms with Gasteiger partial charge >= 0.3 is 0 Å². The highest BCUT2D eigenvalue weighted by Crippen LogP contribution is 2.32. The average molecular weight is 2190 g/mol. The second kappa shape index (κ2) is 60.0. The molecule has 0 saturated carbocycles. The lowest BCUT2D eigenvalue weighted by Crippen LogP contribution is -3.00. The van der Waals surface area contributed by atoms with Crippen molar-refractivity contribution in [3.8, 4) is 46.0 Å². The number of rotatable bonds is 11. The standard InChI is InChI=1S/C34H32N2S2.2C24H32O8.2I2.2HI/c1-5-13-29-25(9-1)21-26-10-2-6-14-30(26)33(29)23-35-17-19-37-38-20-18-36-24-34-31-15-7-3-11-27(31)22-28-12-4-8-16-32(28)34;2*1-2-6-22-21(5-1)29-17-13-25-9-10-27-15-19-31-23-7-3-4-8-24(23)32-20-16-28-12-11-26-14-18-30-22;2*1-2;;/h1-16,21-22,35-36H,17-20,23-24H2;2*1-8H,9-20H2;;;2*1H. The average Bonchev–Trinajstić information content (AvgIpc) is 0.785. The number of quaternary nitrogens is 2. The lowest BCUT2D eigenvalue weighted by Gasteiger charge is -2.14. The van der Waals surface area contributed by atoms with Gasteiger partial charge in [-0.1, -0.05) is 167 Å². The van der Waals surface area contributed by atoms with Crippen LogP contribution in [-0.2, 0) is 51.0 Å². The molecule has 0 bridgehead atoms. The molecule has 2 aliphatic rings. The van der Waals surface area contributed by atoms with Crippen molar-refractivity contribution in [3.63, 3.8) is 0 Å². The summed E-state index contributed by atoms with van der Waals surface area (Å²) >= 11 is 8.48. The molecule has 0 amide bonds. The van der Waals surface area contributed by atoms with Gasteiger partial charge in [-0.05, 0) is 104 Å². The highest BCUT2D eigenvalue weighted by molar-refractivity contribution is 15.0. The van der Waals surface area contributed by atoms with Crippen LogP contribution in [0.1, 0.15) is 11.1 Å². The first kappa shape index (κ1) is 93.2. The van der Waals surface area contributed by atoms with Gasteiger partial charge in [0.2, 0.25) is 0 Å². The summed E-state index contributed by atoms with van der Waals surface area (Å²) in [5, 5.41) is 15.9. The lowest BCUT2D eigenvalue weighted by atomic mass is 9.97. The Kier molecular flexibility index (Phi) is 51.7. The summed E-state index contributed by atoms with van der Waals surface area (Å²) in [4.78, 5) is 0. The molecule has 2 aliphatic heterocycles. The van der Waals surface area contributed by atoms with Crippen LogP contribution < -0.4 is 96.5 Å². The van der Waals surface area contributed by atoms with Gasteiger partial charge < -0.3 is 134 Å². The fraction of sp³-hybridized carbons (Fsp3) is 0.366. The highest BCUT2D eigenvalue weighted by Gasteiger charge is 2.14. The van der Waals surface area contributed by atoms with Crippen LogP contribution in [-0.4, -0.2) is 183 Å². The molecule has 0 aromatic heterocycles. The van der Waals surface area contributed by atoms with Gasteiger partial charge in [0.05, 0.1) is 130 Å². The van der Waals surface area contributed by atoms with Crippen LogP contribution in [0.4, 0.5) is 0 Å². The number of benzene rings is 10. The SMILES string of the molecule is II.II.[I-].[I-].c1ccc2c(C[NH2+]CCSSCC[NH2+]Cc3c4ccccc4cc4ccccc34)c3ccccc3cc2c1.c1ccc2c(c1)OCCOCCOCCOc1ccccc1OCCOCCOCCO2.c1ccc2c(c1)OCCOCCOCCOc1ccccc1OCCOCCOCCO2. The van der Waals surface area contributed by atoms with Gasteiger partial charge in [-0.2, -0.15) is 0 Å². The van der Waals surface area contributed by atoms with E-state index in [0.717, 1.165) is 26.2 Å². The Labute approximate surface area is 724 Å². The molecule has 2 heterocycles. The smallest absolute Gasteiger partial charge is 0.161 e. The van der Waals surface area contributed by atoms with Crippen molar-refractivity contribution in [1.82, 2.24) is 0 Å². The molecule has 26 heteroatoms. The Hall–Kier alpha value is -3.68. The van der Waals surface area contributed by atoms with Gasteiger partial charge in [-0.15, -0.1) is 0 Å². The van der Waals surface area contributed by atoms with Crippen LogP contribution in [0.3, 0.4) is 0 Å². The van der Waals surface area contributed by atoms with Gasteiger partial charge in [0, 0.05) is 85.6 Å². The molecule has 0 atom stereocenters. The normalized spacial score (nSPS) is 15.0. The van der Waals surface area contributed by atoms with E-state index >= 15 is 0 Å². The number of hydrogen-bond acceptors (Lipinski definition) is 18. The van der Waals surface area contributed by atoms with E-state index in [1.54, 1.807) is 0 Å². The first-order valence-electron chi connectivity index (χ1n) is 35.7. The van der Waals surface area contributed by atoms with Crippen LogP contribution in [0, 0.1) is 0 Å². The summed E-state index contributed by atoms with van der Waals surface area (Å²) in [6.07, 6.45) is 0. The van der Waals surface area contributed by atoms with E-state index in [1.807, 2.05) is 119 Å². The van der Waals surface area contributed by atoms with Crippen LogP contribution in [0.5, 0.6) is 46.0 Å². The second-order valence-corrected chi connectivity index (χ2v) is 26.0. The Morgan fingerprint density at radius 2 is 0.398 bits per heavy atom.